The Morgan fingerprint density at radius 3 is 2.14 bits per heavy atom. The molecule has 0 bridgehead atoms. The van der Waals surface area contributed by atoms with Gasteiger partial charge in [-0.05, 0) is 58.8 Å². The lowest BCUT2D eigenvalue weighted by atomic mass is 9.97. The second-order valence-electron chi connectivity index (χ2n) is 6.84. The van der Waals surface area contributed by atoms with Crippen LogP contribution in [-0.2, 0) is 4.79 Å². The maximum atomic E-state index is 12.4. The van der Waals surface area contributed by atoms with Crippen molar-refractivity contribution < 1.29 is 4.79 Å². The second-order valence-corrected chi connectivity index (χ2v) is 7.76. The molecule has 29 heavy (non-hydrogen) atoms. The Morgan fingerprint density at radius 1 is 0.931 bits per heavy atom. The molecule has 0 aliphatic carbocycles. The molecule has 0 aliphatic heterocycles. The molecule has 0 fully saturated rings. The second kappa shape index (κ2) is 8.45. The summed E-state index contributed by atoms with van der Waals surface area (Å²) < 4.78 is 0.993. The highest BCUT2D eigenvalue weighted by Gasteiger charge is 2.12. The highest BCUT2D eigenvalue weighted by Crippen LogP contribution is 2.27. The van der Waals surface area contributed by atoms with Gasteiger partial charge in [-0.3, -0.25) is 4.79 Å². The number of amides is 1. The van der Waals surface area contributed by atoms with Crippen LogP contribution in [0.25, 0.3) is 21.5 Å². The van der Waals surface area contributed by atoms with Crippen LogP contribution in [0.15, 0.2) is 88.4 Å². The number of nitrogens with zero attached hydrogens (tertiary/aromatic N) is 1. The van der Waals surface area contributed by atoms with E-state index in [2.05, 4.69) is 62.1 Å². The molecule has 1 amide bonds. The Hall–Kier alpha value is -3.18. The van der Waals surface area contributed by atoms with E-state index in [1.54, 1.807) is 13.1 Å². The van der Waals surface area contributed by atoms with E-state index in [9.17, 15) is 4.79 Å². The molecule has 0 radical (unpaired) electrons. The van der Waals surface area contributed by atoms with Crippen LogP contribution in [0, 0.1) is 0 Å². The molecule has 0 aromatic heterocycles. The van der Waals surface area contributed by atoms with Crippen molar-refractivity contribution in [2.24, 2.45) is 5.10 Å². The standard InChI is InChI=1S/C24H20BrN3O/c1-16(27-20-12-10-19(25)11-13-20)24(29)28-26-15-23-21-8-4-2-6-17(21)14-18-7-3-5-9-22(18)23/h2-16,27H,1H3,(H,28,29)/b26-15-/t16-/m1/s1. The molecule has 1 atom stereocenters. The minimum atomic E-state index is -0.419. The molecule has 0 heterocycles. The molecule has 0 aliphatic rings. The van der Waals surface area contributed by atoms with Gasteiger partial charge < -0.3 is 5.32 Å². The van der Waals surface area contributed by atoms with Gasteiger partial charge in [-0.15, -0.1) is 0 Å². The zero-order valence-electron chi connectivity index (χ0n) is 15.9. The van der Waals surface area contributed by atoms with Gasteiger partial charge in [-0.2, -0.15) is 5.10 Å². The summed E-state index contributed by atoms with van der Waals surface area (Å²) in [6.45, 7) is 1.81. The topological polar surface area (TPSA) is 53.5 Å². The Labute approximate surface area is 177 Å². The summed E-state index contributed by atoms with van der Waals surface area (Å²) in [5, 5.41) is 11.9. The monoisotopic (exact) mass is 445 g/mol. The molecule has 0 saturated carbocycles. The molecular formula is C24H20BrN3O. The number of fused-ring (bicyclic) bond motifs is 2. The van der Waals surface area contributed by atoms with Gasteiger partial charge >= 0.3 is 0 Å². The lowest BCUT2D eigenvalue weighted by Gasteiger charge is -2.13. The van der Waals surface area contributed by atoms with Crippen LogP contribution in [0.4, 0.5) is 5.69 Å². The van der Waals surface area contributed by atoms with E-state index in [1.807, 2.05) is 48.5 Å². The van der Waals surface area contributed by atoms with Crippen molar-refractivity contribution in [2.75, 3.05) is 5.32 Å². The van der Waals surface area contributed by atoms with E-state index in [1.165, 1.54) is 0 Å². The number of hydrazone groups is 1. The van der Waals surface area contributed by atoms with Crippen molar-refractivity contribution in [3.05, 3.63) is 88.9 Å². The van der Waals surface area contributed by atoms with Crippen LogP contribution in [0.1, 0.15) is 12.5 Å². The van der Waals surface area contributed by atoms with E-state index in [0.717, 1.165) is 37.3 Å². The third kappa shape index (κ3) is 4.30. The molecule has 4 aromatic carbocycles. The van der Waals surface area contributed by atoms with Crippen molar-refractivity contribution >= 4 is 55.3 Å². The number of halogens is 1. The molecule has 4 rings (SSSR count). The summed E-state index contributed by atoms with van der Waals surface area (Å²) in [6.07, 6.45) is 1.73. The van der Waals surface area contributed by atoms with Crippen molar-refractivity contribution in [2.45, 2.75) is 13.0 Å². The number of nitrogens with one attached hydrogen (secondary N) is 2. The normalized spacial score (nSPS) is 12.3. The van der Waals surface area contributed by atoms with Gasteiger partial charge in [0.05, 0.1) is 6.21 Å². The van der Waals surface area contributed by atoms with Gasteiger partial charge in [0.15, 0.2) is 0 Å². The SMILES string of the molecule is C[C@@H](Nc1ccc(Br)cc1)C(=O)N/N=C\c1c2ccccc2cc2ccccc12. The molecular weight excluding hydrogens is 426 g/mol. The summed E-state index contributed by atoms with van der Waals surface area (Å²) >= 11 is 3.40. The maximum absolute atomic E-state index is 12.4. The van der Waals surface area contributed by atoms with E-state index in [4.69, 9.17) is 0 Å². The predicted octanol–water partition coefficient (Wildman–Crippen LogP) is 5.71. The highest BCUT2D eigenvalue weighted by atomic mass is 79.9. The van der Waals surface area contributed by atoms with Gasteiger partial charge in [0, 0.05) is 15.7 Å². The third-order valence-corrected chi connectivity index (χ3v) is 5.33. The fourth-order valence-corrected chi connectivity index (χ4v) is 3.57. The summed E-state index contributed by atoms with van der Waals surface area (Å²) in [5.41, 5.74) is 4.52. The lowest BCUT2D eigenvalue weighted by Crippen LogP contribution is -2.34. The molecule has 4 nitrogen and oxygen atoms in total. The van der Waals surface area contributed by atoms with Gasteiger partial charge in [-0.1, -0.05) is 64.5 Å². The van der Waals surface area contributed by atoms with Crippen LogP contribution >= 0.6 is 15.9 Å². The zero-order chi connectivity index (χ0) is 20.2. The Kier molecular flexibility index (Phi) is 5.58. The van der Waals surface area contributed by atoms with E-state index >= 15 is 0 Å². The number of hydrogen-bond donors (Lipinski definition) is 2. The molecule has 4 aromatic rings. The number of benzene rings is 4. The van der Waals surface area contributed by atoms with Crippen molar-refractivity contribution in [3.63, 3.8) is 0 Å². The molecule has 5 heteroatoms. The number of anilines is 1. The van der Waals surface area contributed by atoms with Crippen LogP contribution in [0.5, 0.6) is 0 Å². The molecule has 0 spiro atoms. The zero-order valence-corrected chi connectivity index (χ0v) is 17.5. The van der Waals surface area contributed by atoms with E-state index < -0.39 is 6.04 Å². The predicted molar refractivity (Wildman–Crippen MR) is 124 cm³/mol. The molecule has 0 unspecified atom stereocenters. The summed E-state index contributed by atoms with van der Waals surface area (Å²) in [7, 11) is 0. The third-order valence-electron chi connectivity index (χ3n) is 4.80. The smallest absolute Gasteiger partial charge is 0.262 e. The first-order valence-electron chi connectivity index (χ1n) is 9.37. The summed E-state index contributed by atoms with van der Waals surface area (Å²) in [5.74, 6) is -0.200. The number of carbonyl (C=O) groups excluding carboxylic acids is 1. The van der Waals surface area contributed by atoms with E-state index in [-0.39, 0.29) is 5.91 Å². The Bertz CT molecular complexity index is 1150. The Balaban J connectivity index is 1.54. The van der Waals surface area contributed by atoms with Gasteiger partial charge in [0.1, 0.15) is 6.04 Å². The number of carbonyl (C=O) groups is 1. The van der Waals surface area contributed by atoms with E-state index in [0.29, 0.717) is 0 Å². The lowest BCUT2D eigenvalue weighted by molar-refractivity contribution is -0.121. The maximum Gasteiger partial charge on any atom is 0.262 e. The van der Waals surface area contributed by atoms with Crippen molar-refractivity contribution in [1.82, 2.24) is 5.43 Å². The van der Waals surface area contributed by atoms with Crippen LogP contribution in [0.3, 0.4) is 0 Å². The van der Waals surface area contributed by atoms with Crippen LogP contribution in [0.2, 0.25) is 0 Å². The largest absolute Gasteiger partial charge is 0.374 e. The fraction of sp³-hybridized carbons (Fsp3) is 0.0833. The average Bonchev–Trinajstić information content (AvgIpc) is 2.74. The molecule has 144 valence electrons. The van der Waals surface area contributed by atoms with Gasteiger partial charge in [-0.25, -0.2) is 5.43 Å². The van der Waals surface area contributed by atoms with Gasteiger partial charge in [0.25, 0.3) is 5.91 Å². The molecule has 0 saturated heterocycles. The van der Waals surface area contributed by atoms with Crippen molar-refractivity contribution in [1.29, 1.82) is 0 Å². The first-order chi connectivity index (χ1) is 14.1. The Morgan fingerprint density at radius 2 is 1.52 bits per heavy atom. The van der Waals surface area contributed by atoms with Crippen molar-refractivity contribution in [3.8, 4) is 0 Å². The summed E-state index contributed by atoms with van der Waals surface area (Å²) in [4.78, 5) is 12.4. The quantitative estimate of drug-likeness (QED) is 0.235. The average molecular weight is 446 g/mol. The number of hydrogen-bond acceptors (Lipinski definition) is 3. The first-order valence-corrected chi connectivity index (χ1v) is 10.2. The minimum Gasteiger partial charge on any atom is -0.374 e. The molecule has 2 N–H and O–H groups in total. The highest BCUT2D eigenvalue weighted by molar-refractivity contribution is 9.10. The number of rotatable bonds is 5. The van der Waals surface area contributed by atoms with Crippen LogP contribution < -0.4 is 10.7 Å². The van der Waals surface area contributed by atoms with Gasteiger partial charge in [0.2, 0.25) is 0 Å². The fourth-order valence-electron chi connectivity index (χ4n) is 3.31. The van der Waals surface area contributed by atoms with Crippen LogP contribution in [-0.4, -0.2) is 18.2 Å². The first kappa shape index (κ1) is 19.2. The summed E-state index contributed by atoms with van der Waals surface area (Å²) in [6, 6.07) is 25.8. The minimum absolute atomic E-state index is 0.200.